The van der Waals surface area contributed by atoms with E-state index in [1.54, 1.807) is 0 Å². The van der Waals surface area contributed by atoms with Gasteiger partial charge in [-0.1, -0.05) is 36.4 Å². The lowest BCUT2D eigenvalue weighted by molar-refractivity contribution is -0.144. The average Bonchev–Trinajstić information content (AvgIpc) is 3.22. The molecule has 29 heavy (non-hydrogen) atoms. The molecule has 5 rings (SSSR count). The lowest BCUT2D eigenvalue weighted by atomic mass is 9.63. The van der Waals surface area contributed by atoms with E-state index in [-0.39, 0.29) is 24.6 Å². The Kier molecular flexibility index (Phi) is 5.22. The van der Waals surface area contributed by atoms with Gasteiger partial charge in [-0.05, 0) is 52.3 Å². The van der Waals surface area contributed by atoms with Gasteiger partial charge in [0.1, 0.15) is 0 Å². The van der Waals surface area contributed by atoms with Gasteiger partial charge < -0.3 is 14.2 Å². The van der Waals surface area contributed by atoms with Crippen molar-refractivity contribution in [1.29, 1.82) is 0 Å². The van der Waals surface area contributed by atoms with Crippen LogP contribution in [0, 0.1) is 5.92 Å². The summed E-state index contributed by atoms with van der Waals surface area (Å²) in [6, 6.07) is 16.4. The molecule has 0 spiro atoms. The molecule has 1 saturated heterocycles. The van der Waals surface area contributed by atoms with E-state index in [1.807, 2.05) is 41.7 Å². The van der Waals surface area contributed by atoms with Crippen LogP contribution in [0.3, 0.4) is 0 Å². The molecule has 0 aromatic heterocycles. The van der Waals surface area contributed by atoms with Gasteiger partial charge in [-0.15, -0.1) is 23.5 Å². The van der Waals surface area contributed by atoms with Crippen LogP contribution in [0.15, 0.2) is 54.1 Å². The number of esters is 1. The van der Waals surface area contributed by atoms with Gasteiger partial charge in [-0.25, -0.2) is 0 Å². The summed E-state index contributed by atoms with van der Waals surface area (Å²) < 4.78 is 16.6. The third kappa shape index (κ3) is 3.32. The predicted octanol–water partition coefficient (Wildman–Crippen LogP) is 4.95. The first-order valence-electron chi connectivity index (χ1n) is 9.78. The molecule has 6 heteroatoms. The predicted molar refractivity (Wildman–Crippen MR) is 117 cm³/mol. The first-order valence-corrected chi connectivity index (χ1v) is 11.9. The molecule has 0 unspecified atom stereocenters. The van der Waals surface area contributed by atoms with Crippen molar-refractivity contribution in [1.82, 2.24) is 0 Å². The molecule has 0 N–H and O–H groups in total. The van der Waals surface area contributed by atoms with E-state index < -0.39 is 0 Å². The highest BCUT2D eigenvalue weighted by Gasteiger charge is 2.50. The first-order chi connectivity index (χ1) is 14.3. The fourth-order valence-corrected chi connectivity index (χ4v) is 7.46. The topological polar surface area (TPSA) is 44.8 Å². The van der Waals surface area contributed by atoms with E-state index >= 15 is 0 Å². The molecule has 2 heterocycles. The van der Waals surface area contributed by atoms with Crippen LogP contribution in [-0.4, -0.2) is 36.0 Å². The highest BCUT2D eigenvalue weighted by atomic mass is 32.2. The van der Waals surface area contributed by atoms with Gasteiger partial charge in [0.05, 0.1) is 17.6 Å². The zero-order valence-electron chi connectivity index (χ0n) is 16.1. The van der Waals surface area contributed by atoms with Gasteiger partial charge in [0.15, 0.2) is 11.5 Å². The Hall–Kier alpha value is -2.05. The molecule has 4 nitrogen and oxygen atoms in total. The molecule has 1 aliphatic carbocycles. The molecule has 0 radical (unpaired) electrons. The zero-order chi connectivity index (χ0) is 19.8. The summed E-state index contributed by atoms with van der Waals surface area (Å²) in [6.07, 6.45) is 1.22. The van der Waals surface area contributed by atoms with E-state index in [9.17, 15) is 4.79 Å². The fraction of sp³-hybridized carbons (Fsp3) is 0.348. The monoisotopic (exact) mass is 426 g/mol. The second-order valence-corrected chi connectivity index (χ2v) is 9.98. The summed E-state index contributed by atoms with van der Waals surface area (Å²) in [5, 5.41) is 0. The molecule has 0 amide bonds. The van der Waals surface area contributed by atoms with E-state index in [0.29, 0.717) is 4.58 Å². The minimum Gasteiger partial charge on any atom is -0.469 e. The first kappa shape index (κ1) is 18.9. The molecule has 2 aromatic carbocycles. The van der Waals surface area contributed by atoms with Gasteiger partial charge in [0.25, 0.3) is 0 Å². The number of ether oxygens (including phenoxy) is 3. The second-order valence-electron chi connectivity index (χ2n) is 7.25. The fourth-order valence-electron chi connectivity index (χ4n) is 4.36. The second kappa shape index (κ2) is 8.00. The van der Waals surface area contributed by atoms with Crippen LogP contribution in [0.25, 0.3) is 5.57 Å². The Labute approximate surface area is 179 Å². The number of allylic oxidation sites excluding steroid dienone is 1. The lowest BCUT2D eigenvalue weighted by Crippen LogP contribution is -2.39. The summed E-state index contributed by atoms with van der Waals surface area (Å²) in [7, 11) is 1.48. The van der Waals surface area contributed by atoms with Crippen molar-refractivity contribution in [2.75, 3.05) is 25.4 Å². The number of hydrogen-bond acceptors (Lipinski definition) is 6. The maximum absolute atomic E-state index is 12.9. The normalized spacial score (nSPS) is 23.6. The summed E-state index contributed by atoms with van der Waals surface area (Å²) in [4.78, 5) is 12.9. The largest absolute Gasteiger partial charge is 0.469 e. The molecule has 0 bridgehead atoms. The Balaban J connectivity index is 1.64. The Morgan fingerprint density at radius 3 is 2.55 bits per heavy atom. The molecule has 1 fully saturated rings. The van der Waals surface area contributed by atoms with E-state index in [1.165, 1.54) is 30.2 Å². The Morgan fingerprint density at radius 1 is 1.03 bits per heavy atom. The van der Waals surface area contributed by atoms with Gasteiger partial charge in [-0.2, -0.15) is 0 Å². The average molecular weight is 427 g/mol. The molecule has 2 aliphatic heterocycles. The van der Waals surface area contributed by atoms with Crippen LogP contribution in [0.4, 0.5) is 0 Å². The molecular formula is C23H22O4S2. The smallest absolute Gasteiger partial charge is 0.313 e. The number of rotatable bonds is 4. The maximum Gasteiger partial charge on any atom is 0.313 e. The van der Waals surface area contributed by atoms with E-state index in [4.69, 9.17) is 14.2 Å². The highest BCUT2D eigenvalue weighted by Crippen LogP contribution is 2.59. The molecule has 2 aromatic rings. The summed E-state index contributed by atoms with van der Waals surface area (Å²) >= 11 is 3.89. The van der Waals surface area contributed by atoms with Crippen molar-refractivity contribution in [2.24, 2.45) is 5.92 Å². The zero-order valence-corrected chi connectivity index (χ0v) is 17.8. The van der Waals surface area contributed by atoms with Crippen LogP contribution in [0.1, 0.15) is 23.5 Å². The minimum absolute atomic E-state index is 0.0440. The van der Waals surface area contributed by atoms with E-state index in [0.717, 1.165) is 28.6 Å². The maximum atomic E-state index is 12.9. The molecule has 2 atom stereocenters. The van der Waals surface area contributed by atoms with Gasteiger partial charge in [-0.3, -0.25) is 4.79 Å². The van der Waals surface area contributed by atoms with Crippen molar-refractivity contribution in [3.63, 3.8) is 0 Å². The third-order valence-corrected chi connectivity index (χ3v) is 8.65. The van der Waals surface area contributed by atoms with Crippen LogP contribution in [0.2, 0.25) is 0 Å². The number of carbonyl (C=O) groups excluding carboxylic acids is 1. The van der Waals surface area contributed by atoms with Gasteiger partial charge in [0, 0.05) is 5.92 Å². The molecule has 3 aliphatic rings. The van der Waals surface area contributed by atoms with Crippen LogP contribution in [0.5, 0.6) is 11.5 Å². The number of thioether (sulfide) groups is 2. The van der Waals surface area contributed by atoms with Gasteiger partial charge >= 0.3 is 5.97 Å². The minimum atomic E-state index is -0.265. The third-order valence-electron chi connectivity index (χ3n) is 5.67. The highest BCUT2D eigenvalue weighted by molar-refractivity contribution is 8.17. The SMILES string of the molecule is COC(=O)[C@@H]1C(C2SCCCS2)=C(c2ccccc2)[C@H]1c1ccc2c(c1)OCO2. The molecule has 150 valence electrons. The summed E-state index contributed by atoms with van der Waals surface area (Å²) in [5.41, 5.74) is 4.72. The standard InChI is InChI=1S/C23H22O4S2/c1-25-22(24)20-19(15-8-9-16-17(12-15)27-13-26-16)18(14-6-3-2-4-7-14)21(20)23-28-10-5-11-29-23/h2-4,6-9,12,19-20,23H,5,10-11,13H2,1H3/t19-,20+/m1/s1. The number of carbonyl (C=O) groups is 1. The van der Waals surface area contributed by atoms with Crippen molar-refractivity contribution in [3.8, 4) is 11.5 Å². The van der Waals surface area contributed by atoms with E-state index in [2.05, 4.69) is 30.3 Å². The summed E-state index contributed by atoms with van der Waals surface area (Å²) in [6.45, 7) is 0.242. The Morgan fingerprint density at radius 2 is 1.79 bits per heavy atom. The van der Waals surface area contributed by atoms with Crippen molar-refractivity contribution in [2.45, 2.75) is 16.9 Å². The summed E-state index contributed by atoms with van der Waals surface area (Å²) in [5.74, 6) is 3.29. The molecule has 0 saturated carbocycles. The van der Waals surface area contributed by atoms with Crippen LogP contribution >= 0.6 is 23.5 Å². The lowest BCUT2D eigenvalue weighted by Gasteiger charge is -2.44. The number of benzene rings is 2. The van der Waals surface area contributed by atoms with Crippen LogP contribution < -0.4 is 9.47 Å². The Bertz CT molecular complexity index is 951. The van der Waals surface area contributed by atoms with Gasteiger partial charge in [0.2, 0.25) is 6.79 Å². The van der Waals surface area contributed by atoms with Crippen LogP contribution in [-0.2, 0) is 9.53 Å². The number of methoxy groups -OCH3 is 1. The quantitative estimate of drug-likeness (QED) is 0.645. The van der Waals surface area contributed by atoms with Crippen molar-refractivity contribution >= 4 is 35.1 Å². The number of hydrogen-bond donors (Lipinski definition) is 0. The van der Waals surface area contributed by atoms with Crippen molar-refractivity contribution < 1.29 is 19.0 Å². The number of fused-ring (bicyclic) bond motifs is 1. The van der Waals surface area contributed by atoms with Crippen molar-refractivity contribution in [3.05, 3.63) is 65.2 Å². The molecular weight excluding hydrogens is 404 g/mol.